The molecule has 2 aromatic heterocycles. The average Bonchev–Trinajstić information content (AvgIpc) is 3.42. The van der Waals surface area contributed by atoms with E-state index in [9.17, 15) is 13.2 Å². The van der Waals surface area contributed by atoms with E-state index in [1.807, 2.05) is 17.0 Å². The van der Waals surface area contributed by atoms with E-state index in [0.29, 0.717) is 36.2 Å². The van der Waals surface area contributed by atoms with Crippen LogP contribution in [0.1, 0.15) is 31.7 Å². The molecule has 0 bridgehead atoms. The monoisotopic (exact) mass is 407 g/mol. The van der Waals surface area contributed by atoms with Crippen molar-refractivity contribution in [1.82, 2.24) is 13.8 Å². The summed E-state index contributed by atoms with van der Waals surface area (Å²) in [6.07, 6.45) is 7.36. The number of hydrogen-bond acceptors (Lipinski definition) is 4. The second-order valence-corrected chi connectivity index (χ2v) is 10.4. The molecule has 2 saturated heterocycles. The van der Waals surface area contributed by atoms with Crippen LogP contribution in [0.3, 0.4) is 0 Å². The van der Waals surface area contributed by atoms with Crippen LogP contribution in [0.25, 0.3) is 0 Å². The molecular weight excluding hydrogens is 382 g/mol. The summed E-state index contributed by atoms with van der Waals surface area (Å²) in [5.74, 6) is 0.150. The van der Waals surface area contributed by atoms with Crippen molar-refractivity contribution in [2.24, 2.45) is 5.92 Å². The minimum Gasteiger partial charge on any atom is -0.351 e. The Bertz CT molecular complexity index is 846. The summed E-state index contributed by atoms with van der Waals surface area (Å²) in [4.78, 5) is 14.9. The van der Waals surface area contributed by atoms with E-state index in [1.165, 1.54) is 15.6 Å². The zero-order valence-corrected chi connectivity index (χ0v) is 16.9. The molecule has 4 rings (SSSR count). The van der Waals surface area contributed by atoms with Crippen molar-refractivity contribution in [2.45, 2.75) is 35.9 Å². The largest absolute Gasteiger partial charge is 0.351 e. The molecular formula is C19H25N3O3S2. The van der Waals surface area contributed by atoms with Gasteiger partial charge in [-0.1, -0.05) is 6.07 Å². The quantitative estimate of drug-likeness (QED) is 0.783. The lowest BCUT2D eigenvalue weighted by atomic mass is 9.95. The fraction of sp³-hybridized carbons (Fsp3) is 0.526. The highest BCUT2D eigenvalue weighted by molar-refractivity contribution is 7.91. The molecule has 2 aliphatic rings. The Morgan fingerprint density at radius 3 is 2.22 bits per heavy atom. The highest BCUT2D eigenvalue weighted by atomic mass is 32.2. The molecule has 2 aromatic rings. The Hall–Kier alpha value is -1.64. The molecule has 2 aliphatic heterocycles. The van der Waals surface area contributed by atoms with E-state index in [2.05, 4.69) is 17.0 Å². The van der Waals surface area contributed by atoms with Crippen molar-refractivity contribution in [1.29, 1.82) is 0 Å². The van der Waals surface area contributed by atoms with Crippen molar-refractivity contribution in [3.63, 3.8) is 0 Å². The lowest BCUT2D eigenvalue weighted by molar-refractivity contribution is -0.138. The van der Waals surface area contributed by atoms with Crippen molar-refractivity contribution < 1.29 is 13.2 Å². The van der Waals surface area contributed by atoms with Gasteiger partial charge in [-0.05, 0) is 49.3 Å². The number of likely N-dealkylation sites (tertiary alicyclic amines) is 1. The first-order chi connectivity index (χ1) is 13.1. The Labute approximate surface area is 164 Å². The van der Waals surface area contributed by atoms with E-state index in [4.69, 9.17) is 0 Å². The van der Waals surface area contributed by atoms with Gasteiger partial charge in [0.2, 0.25) is 5.91 Å². The molecule has 6 nitrogen and oxygen atoms in total. The highest BCUT2D eigenvalue weighted by Gasteiger charge is 2.35. The summed E-state index contributed by atoms with van der Waals surface area (Å²) in [7, 11) is -3.40. The molecule has 4 heterocycles. The van der Waals surface area contributed by atoms with Gasteiger partial charge in [0.05, 0.1) is 0 Å². The molecule has 0 radical (unpaired) electrons. The summed E-state index contributed by atoms with van der Waals surface area (Å²) >= 11 is 1.25. The fourth-order valence-electron chi connectivity index (χ4n) is 4.11. The predicted molar refractivity (Wildman–Crippen MR) is 105 cm³/mol. The molecule has 0 N–H and O–H groups in total. The number of hydrogen-bond donors (Lipinski definition) is 0. The van der Waals surface area contributed by atoms with Crippen LogP contribution in [0.5, 0.6) is 0 Å². The second kappa shape index (κ2) is 7.77. The Balaban J connectivity index is 1.30. The predicted octanol–water partition coefficient (Wildman–Crippen LogP) is 2.81. The maximum Gasteiger partial charge on any atom is 0.252 e. The zero-order valence-electron chi connectivity index (χ0n) is 15.2. The Morgan fingerprint density at radius 2 is 1.63 bits per heavy atom. The number of carbonyl (C=O) groups excluding carboxylic acids is 1. The summed E-state index contributed by atoms with van der Waals surface area (Å²) in [5, 5.41) is 1.78. The van der Waals surface area contributed by atoms with E-state index in [0.717, 1.165) is 25.9 Å². The van der Waals surface area contributed by atoms with Crippen LogP contribution in [0.15, 0.2) is 46.2 Å². The third kappa shape index (κ3) is 3.83. The van der Waals surface area contributed by atoms with Crippen LogP contribution in [-0.4, -0.2) is 54.3 Å². The molecule has 8 heteroatoms. The van der Waals surface area contributed by atoms with Crippen LogP contribution in [0.2, 0.25) is 0 Å². The SMILES string of the molecule is O=C(C1CCN(S(=O)(=O)c2cccs2)CC1)N1CCC(n2cccc2)CC1. The summed E-state index contributed by atoms with van der Waals surface area (Å²) in [6.45, 7) is 2.43. The number of sulfonamides is 1. The first-order valence-electron chi connectivity index (χ1n) is 9.50. The molecule has 0 aromatic carbocycles. The highest BCUT2D eigenvalue weighted by Crippen LogP contribution is 2.29. The van der Waals surface area contributed by atoms with Crippen LogP contribution in [-0.2, 0) is 14.8 Å². The van der Waals surface area contributed by atoms with Gasteiger partial charge in [-0.25, -0.2) is 8.42 Å². The third-order valence-corrected chi connectivity index (χ3v) is 8.99. The number of piperidine rings is 2. The first-order valence-corrected chi connectivity index (χ1v) is 11.8. The van der Waals surface area contributed by atoms with Crippen LogP contribution < -0.4 is 0 Å². The van der Waals surface area contributed by atoms with Gasteiger partial charge in [-0.15, -0.1) is 11.3 Å². The zero-order chi connectivity index (χ0) is 18.9. The molecule has 0 saturated carbocycles. The maximum atomic E-state index is 12.9. The van der Waals surface area contributed by atoms with Crippen LogP contribution >= 0.6 is 11.3 Å². The minimum absolute atomic E-state index is 0.0529. The average molecular weight is 408 g/mol. The van der Waals surface area contributed by atoms with Gasteiger partial charge >= 0.3 is 0 Å². The molecule has 2 fully saturated rings. The van der Waals surface area contributed by atoms with Crippen molar-refractivity contribution in [3.8, 4) is 0 Å². The van der Waals surface area contributed by atoms with Gasteiger partial charge in [-0.3, -0.25) is 4.79 Å². The van der Waals surface area contributed by atoms with Crippen molar-refractivity contribution in [2.75, 3.05) is 26.2 Å². The Kier molecular flexibility index (Phi) is 5.39. The Morgan fingerprint density at radius 1 is 0.963 bits per heavy atom. The molecule has 0 spiro atoms. The fourth-order valence-corrected chi connectivity index (χ4v) is 6.73. The third-order valence-electron chi connectivity index (χ3n) is 5.72. The van der Waals surface area contributed by atoms with Crippen LogP contribution in [0.4, 0.5) is 0 Å². The lowest BCUT2D eigenvalue weighted by Gasteiger charge is -2.37. The van der Waals surface area contributed by atoms with Gasteiger partial charge in [-0.2, -0.15) is 4.31 Å². The second-order valence-electron chi connectivity index (χ2n) is 7.30. The number of amides is 1. The number of carbonyl (C=O) groups is 1. The summed E-state index contributed by atoms with van der Waals surface area (Å²) in [6, 6.07) is 7.95. The lowest BCUT2D eigenvalue weighted by Crippen LogP contribution is -2.46. The van der Waals surface area contributed by atoms with E-state index >= 15 is 0 Å². The molecule has 0 aliphatic carbocycles. The smallest absolute Gasteiger partial charge is 0.252 e. The number of rotatable bonds is 4. The van der Waals surface area contributed by atoms with Crippen molar-refractivity contribution >= 4 is 27.3 Å². The van der Waals surface area contributed by atoms with E-state index in [-0.39, 0.29) is 11.8 Å². The molecule has 1 amide bonds. The first kappa shape index (κ1) is 18.7. The van der Waals surface area contributed by atoms with Gasteiger partial charge < -0.3 is 9.47 Å². The van der Waals surface area contributed by atoms with E-state index < -0.39 is 10.0 Å². The van der Waals surface area contributed by atoms with Gasteiger partial charge in [0, 0.05) is 50.5 Å². The number of aromatic nitrogens is 1. The van der Waals surface area contributed by atoms with Gasteiger partial charge in [0.15, 0.2) is 0 Å². The van der Waals surface area contributed by atoms with Gasteiger partial charge in [0.1, 0.15) is 4.21 Å². The number of nitrogens with zero attached hydrogens (tertiary/aromatic N) is 3. The molecule has 146 valence electrons. The topological polar surface area (TPSA) is 62.6 Å². The minimum atomic E-state index is -3.40. The van der Waals surface area contributed by atoms with Gasteiger partial charge in [0.25, 0.3) is 10.0 Å². The summed E-state index contributed by atoms with van der Waals surface area (Å²) in [5.41, 5.74) is 0. The maximum absolute atomic E-state index is 12.9. The normalized spacial score (nSPS) is 20.8. The molecule has 27 heavy (non-hydrogen) atoms. The molecule has 0 atom stereocenters. The van der Waals surface area contributed by atoms with E-state index in [1.54, 1.807) is 17.5 Å². The standard InChI is InChI=1S/C19H25N3O3S2/c23-19(21-11-7-17(8-12-21)20-9-1-2-10-20)16-5-13-22(14-6-16)27(24,25)18-4-3-15-26-18/h1-4,9-10,15-17H,5-8,11-14H2. The number of thiophene rings is 1. The summed E-state index contributed by atoms with van der Waals surface area (Å²) < 4.78 is 29.4. The van der Waals surface area contributed by atoms with Crippen LogP contribution in [0, 0.1) is 5.92 Å². The van der Waals surface area contributed by atoms with Crippen molar-refractivity contribution in [3.05, 3.63) is 42.0 Å². The molecule has 0 unspecified atom stereocenters.